The Morgan fingerprint density at radius 2 is 1.58 bits per heavy atom. The van der Waals surface area contributed by atoms with E-state index in [1.807, 2.05) is 0 Å². The van der Waals surface area contributed by atoms with Gasteiger partial charge in [0.25, 0.3) is 15.7 Å². The molecule has 14 heteroatoms. The minimum absolute atomic E-state index is 0.0778. The number of hydrogen-bond acceptors (Lipinski definition) is 10. The number of sulfonamides is 1. The number of para-hydroxylation sites is 1. The van der Waals surface area contributed by atoms with Gasteiger partial charge in [0.15, 0.2) is 10.5 Å². The molecule has 1 amide bonds. The molecule has 4 aromatic rings. The highest BCUT2D eigenvalue weighted by Crippen LogP contribution is 2.68. The van der Waals surface area contributed by atoms with E-state index in [2.05, 4.69) is 46.0 Å². The van der Waals surface area contributed by atoms with Crippen LogP contribution in [-0.4, -0.2) is 52.3 Å². The molecule has 364 valence electrons. The Morgan fingerprint density at radius 3 is 2.28 bits per heavy atom. The maximum Gasteiger partial charge on any atom is 0.340 e. The van der Waals surface area contributed by atoms with Crippen molar-refractivity contribution in [3.05, 3.63) is 123 Å². The van der Waals surface area contributed by atoms with Gasteiger partial charge in [-0.2, -0.15) is 4.31 Å². The number of nitrogens with one attached hydrogen (secondary N) is 1. The van der Waals surface area contributed by atoms with Crippen LogP contribution in [0.15, 0.2) is 95.4 Å². The van der Waals surface area contributed by atoms with Crippen molar-refractivity contribution >= 4 is 33.3 Å². The van der Waals surface area contributed by atoms with E-state index in [1.54, 1.807) is 24.3 Å². The zero-order chi connectivity index (χ0) is 48.8. The predicted molar refractivity (Wildman–Crippen MR) is 260 cm³/mol. The molecule has 3 N–H and O–H groups in total. The molecule has 4 aliphatic carbocycles. The number of carbonyl (C=O) groups is 2. The molecule has 0 unspecified atom stereocenters. The quantitative estimate of drug-likeness (QED) is 0.0534. The summed E-state index contributed by atoms with van der Waals surface area (Å²) in [5.41, 5.74) is 0.997. The molecule has 3 fully saturated rings. The number of anilines is 1. The number of benzene rings is 4. The fourth-order valence-electron chi connectivity index (χ4n) is 14.4. The number of rotatable bonds is 12. The molecule has 2 aliphatic heterocycles. The molecule has 0 saturated heterocycles. The third-order valence-electron chi connectivity index (χ3n) is 17.7. The number of esters is 1. The first-order chi connectivity index (χ1) is 32.8. The number of phenolic OH excluding ortho intramolecular Hbond substituents is 2. The number of nitro groups is 1. The number of phenols is 2. The average molecular weight is 958 g/mol. The van der Waals surface area contributed by atoms with E-state index in [4.69, 9.17) is 9.47 Å². The Bertz CT molecular complexity index is 2850. The summed E-state index contributed by atoms with van der Waals surface area (Å²) in [7, 11) is -4.61. The molecule has 2 heterocycles. The number of nitro benzene ring substituents is 1. The van der Waals surface area contributed by atoms with Crippen LogP contribution in [0.3, 0.4) is 0 Å². The SMILES string of the molecule is CC(C)CCC[C@@H](C)[C@H]1CC[C@H]2[C@@H]3CC=C4C[C@@H](N(CC(=O)Nc5ccc6c(c5)C(=O)OC65c6ccc(O)cc6Oc6cc(O)ccc65)S(=O)(=O)c5ccccc5[N+](=O)[O-])CC[C@]4(C)[C@H]3CC[C@]12C. The molecule has 6 aliphatic rings. The number of ether oxygens (including phenoxy) is 2. The first-order valence-corrected chi connectivity index (χ1v) is 26.3. The number of fused-ring (bicyclic) bond motifs is 11. The maximum atomic E-state index is 14.9. The van der Waals surface area contributed by atoms with Gasteiger partial charge in [0, 0.05) is 46.6 Å². The standard InChI is InChI=1S/C55H63N3O10S/c1-32(2)9-8-10-33(3)41-21-22-42-39-17-13-34-27-36(23-25-53(34,4)43(39)24-26-54(41,42)5)57(69(65,66)50-12-7-6-11-47(50)58(63)64)31-51(61)56-35-14-18-44-40(28-35)52(62)68-55(44)45-19-15-37(59)29-48(45)67-49-30-38(60)16-20-46(49)55/h6-7,11-16,18-20,28-30,32-33,36,39,41-43,59-60H,8-10,17,21-27,31H2,1-5H3,(H,56,61)/t33-,36+,39+,41-,42+,43+,53+,54-/m1/s1. The summed E-state index contributed by atoms with van der Waals surface area (Å²) in [6, 6.07) is 18.3. The second-order valence-corrected chi connectivity index (χ2v) is 23.7. The van der Waals surface area contributed by atoms with E-state index in [0.717, 1.165) is 35.4 Å². The van der Waals surface area contributed by atoms with Crippen LogP contribution in [0.2, 0.25) is 0 Å². The summed E-state index contributed by atoms with van der Waals surface area (Å²) in [5, 5.41) is 35.8. The van der Waals surface area contributed by atoms with Gasteiger partial charge in [-0.05, 0) is 140 Å². The molecule has 0 radical (unpaired) electrons. The third-order valence-corrected chi connectivity index (χ3v) is 19.6. The van der Waals surface area contributed by atoms with Gasteiger partial charge in [0.05, 0.1) is 17.0 Å². The van der Waals surface area contributed by atoms with Crippen LogP contribution >= 0.6 is 0 Å². The molecule has 1 spiro atoms. The highest BCUT2D eigenvalue weighted by atomic mass is 32.2. The van der Waals surface area contributed by atoms with Crippen LogP contribution in [0.25, 0.3) is 0 Å². The summed E-state index contributed by atoms with van der Waals surface area (Å²) in [4.78, 5) is 39.3. The highest BCUT2D eigenvalue weighted by molar-refractivity contribution is 7.89. The van der Waals surface area contributed by atoms with Crippen molar-refractivity contribution in [3.8, 4) is 23.0 Å². The molecule has 4 aromatic carbocycles. The van der Waals surface area contributed by atoms with E-state index >= 15 is 0 Å². The lowest BCUT2D eigenvalue weighted by atomic mass is 9.47. The van der Waals surface area contributed by atoms with Crippen LogP contribution in [-0.2, 0) is 25.2 Å². The Kier molecular flexibility index (Phi) is 11.8. The highest BCUT2D eigenvalue weighted by Gasteiger charge is 2.60. The second-order valence-electron chi connectivity index (χ2n) is 21.8. The summed E-state index contributed by atoms with van der Waals surface area (Å²) in [6.07, 6.45) is 13.7. The molecule has 69 heavy (non-hydrogen) atoms. The first-order valence-electron chi connectivity index (χ1n) is 24.8. The minimum Gasteiger partial charge on any atom is -0.508 e. The topological polar surface area (TPSA) is 186 Å². The van der Waals surface area contributed by atoms with Crippen molar-refractivity contribution in [2.24, 2.45) is 46.3 Å². The van der Waals surface area contributed by atoms with Crippen LogP contribution in [0.4, 0.5) is 11.4 Å². The second kappa shape index (κ2) is 17.3. The fraction of sp³-hybridized carbons (Fsp3) is 0.491. The summed E-state index contributed by atoms with van der Waals surface area (Å²) < 4.78 is 43.2. The van der Waals surface area contributed by atoms with Crippen molar-refractivity contribution in [3.63, 3.8) is 0 Å². The lowest BCUT2D eigenvalue weighted by Gasteiger charge is -2.59. The third kappa shape index (κ3) is 7.71. The fourth-order valence-corrected chi connectivity index (χ4v) is 16.2. The van der Waals surface area contributed by atoms with Crippen molar-refractivity contribution in [2.45, 2.75) is 122 Å². The molecule has 10 rings (SSSR count). The zero-order valence-corrected chi connectivity index (χ0v) is 40.9. The van der Waals surface area contributed by atoms with Gasteiger partial charge in [-0.3, -0.25) is 14.9 Å². The van der Waals surface area contributed by atoms with Crippen LogP contribution in [0.1, 0.15) is 132 Å². The van der Waals surface area contributed by atoms with Crippen molar-refractivity contribution in [1.29, 1.82) is 0 Å². The number of aromatic hydroxyl groups is 2. The zero-order valence-electron chi connectivity index (χ0n) is 40.1. The number of amides is 1. The number of hydrogen-bond donors (Lipinski definition) is 3. The molecule has 0 bridgehead atoms. The van der Waals surface area contributed by atoms with Crippen molar-refractivity contribution in [1.82, 2.24) is 4.31 Å². The van der Waals surface area contributed by atoms with E-state index in [1.165, 1.54) is 98.7 Å². The minimum atomic E-state index is -4.61. The van der Waals surface area contributed by atoms with Gasteiger partial charge < -0.3 is 25.0 Å². The molecule has 3 saturated carbocycles. The van der Waals surface area contributed by atoms with Crippen molar-refractivity contribution < 1.29 is 42.6 Å². The average Bonchev–Trinajstić information content (AvgIpc) is 3.81. The predicted octanol–water partition coefficient (Wildman–Crippen LogP) is 11.6. The van der Waals surface area contributed by atoms with Gasteiger partial charge >= 0.3 is 5.97 Å². The normalized spacial score (nSPS) is 27.7. The van der Waals surface area contributed by atoms with Gasteiger partial charge in [-0.15, -0.1) is 0 Å². The Hall–Kier alpha value is -5.73. The maximum absolute atomic E-state index is 14.9. The van der Waals surface area contributed by atoms with E-state index in [-0.39, 0.29) is 39.7 Å². The Balaban J connectivity index is 0.925. The van der Waals surface area contributed by atoms with E-state index in [9.17, 15) is 38.3 Å². The molecule has 8 atom stereocenters. The van der Waals surface area contributed by atoms with Gasteiger partial charge in [-0.1, -0.05) is 83.7 Å². The Morgan fingerprint density at radius 1 is 0.884 bits per heavy atom. The van der Waals surface area contributed by atoms with Crippen LogP contribution < -0.4 is 10.1 Å². The Labute approximate surface area is 404 Å². The van der Waals surface area contributed by atoms with Gasteiger partial charge in [0.1, 0.15) is 23.0 Å². The summed E-state index contributed by atoms with van der Waals surface area (Å²) >= 11 is 0. The molecular weight excluding hydrogens is 895 g/mol. The smallest absolute Gasteiger partial charge is 0.340 e. The largest absolute Gasteiger partial charge is 0.508 e. The molecular formula is C55H63N3O10S. The number of carbonyl (C=O) groups excluding carboxylic acids is 2. The van der Waals surface area contributed by atoms with E-state index in [0.29, 0.717) is 58.6 Å². The monoisotopic (exact) mass is 957 g/mol. The summed E-state index contributed by atoms with van der Waals surface area (Å²) in [5.74, 6) is 2.76. The lowest BCUT2D eigenvalue weighted by Crippen LogP contribution is -2.53. The molecule has 0 aromatic heterocycles. The first kappa shape index (κ1) is 47.0. The van der Waals surface area contributed by atoms with Gasteiger partial charge in [-0.25, -0.2) is 13.2 Å². The van der Waals surface area contributed by atoms with Crippen LogP contribution in [0.5, 0.6) is 23.0 Å². The van der Waals surface area contributed by atoms with Gasteiger partial charge in [0.2, 0.25) is 5.91 Å². The van der Waals surface area contributed by atoms with E-state index < -0.39 is 55.6 Å². The van der Waals surface area contributed by atoms with Crippen molar-refractivity contribution in [2.75, 3.05) is 11.9 Å². The number of allylic oxidation sites excluding steroid dienone is 1. The lowest BCUT2D eigenvalue weighted by molar-refractivity contribution is -0.387. The summed E-state index contributed by atoms with van der Waals surface area (Å²) in [6.45, 7) is 11.4. The number of nitrogens with zero attached hydrogens (tertiary/aromatic N) is 2. The van der Waals surface area contributed by atoms with Crippen LogP contribution in [0, 0.1) is 56.5 Å². The molecule has 13 nitrogen and oxygen atoms in total.